The summed E-state index contributed by atoms with van der Waals surface area (Å²) >= 11 is 0. The molecule has 1 aromatic rings. The molecule has 0 aromatic carbocycles. The molecule has 15 heavy (non-hydrogen) atoms. The first-order valence-electron chi connectivity index (χ1n) is 6.18. The molecule has 0 amide bonds. The Morgan fingerprint density at radius 1 is 1.27 bits per heavy atom. The summed E-state index contributed by atoms with van der Waals surface area (Å²) in [6.45, 7) is 8.82. The minimum Gasteiger partial charge on any atom is -0.354 e. The van der Waals surface area contributed by atoms with Crippen molar-refractivity contribution in [3.63, 3.8) is 0 Å². The van der Waals surface area contributed by atoms with Crippen molar-refractivity contribution in [3.8, 4) is 0 Å². The summed E-state index contributed by atoms with van der Waals surface area (Å²) < 4.78 is 2.27. The van der Waals surface area contributed by atoms with Gasteiger partial charge in [-0.15, -0.1) is 0 Å². The van der Waals surface area contributed by atoms with Gasteiger partial charge >= 0.3 is 0 Å². The topological polar surface area (TPSA) is 17.0 Å². The smallest absolute Gasteiger partial charge is 0.0223 e. The molecule has 0 unspecified atom stereocenters. The third kappa shape index (κ3) is 4.08. The molecular weight excluding hydrogens is 184 g/mol. The zero-order valence-corrected chi connectivity index (χ0v) is 10.3. The van der Waals surface area contributed by atoms with E-state index in [4.69, 9.17) is 0 Å². The highest BCUT2D eigenvalue weighted by molar-refractivity contribution is 5.10. The van der Waals surface area contributed by atoms with Gasteiger partial charge in [0.2, 0.25) is 0 Å². The molecular formula is C13H24N2. The number of nitrogens with zero attached hydrogens (tertiary/aromatic N) is 1. The molecule has 2 heteroatoms. The van der Waals surface area contributed by atoms with E-state index in [1.807, 2.05) is 0 Å². The maximum absolute atomic E-state index is 3.58. The first-order chi connectivity index (χ1) is 7.30. The Bertz CT molecular complexity index is 261. The zero-order chi connectivity index (χ0) is 11.1. The van der Waals surface area contributed by atoms with Gasteiger partial charge in [0.25, 0.3) is 0 Å². The van der Waals surface area contributed by atoms with E-state index in [0.29, 0.717) is 6.04 Å². The number of rotatable bonds is 7. The van der Waals surface area contributed by atoms with E-state index in [1.54, 1.807) is 0 Å². The number of nitrogens with one attached hydrogen (secondary N) is 1. The molecule has 1 heterocycles. The molecule has 0 fully saturated rings. The molecule has 1 N–H and O–H groups in total. The van der Waals surface area contributed by atoms with Crippen molar-refractivity contribution in [3.05, 3.63) is 24.0 Å². The minimum absolute atomic E-state index is 0.666. The third-order valence-electron chi connectivity index (χ3n) is 2.87. The van der Waals surface area contributed by atoms with Gasteiger partial charge in [0.05, 0.1) is 0 Å². The molecule has 0 saturated heterocycles. The van der Waals surface area contributed by atoms with Crippen molar-refractivity contribution < 1.29 is 0 Å². The summed E-state index contributed by atoms with van der Waals surface area (Å²) in [6.07, 6.45) is 8.05. The fourth-order valence-corrected chi connectivity index (χ4v) is 1.83. The first kappa shape index (κ1) is 12.3. The van der Waals surface area contributed by atoms with Crippen molar-refractivity contribution >= 4 is 0 Å². The Morgan fingerprint density at radius 2 is 2.00 bits per heavy atom. The van der Waals surface area contributed by atoms with Crippen LogP contribution in [0.25, 0.3) is 0 Å². The highest BCUT2D eigenvalue weighted by atomic mass is 14.9. The van der Waals surface area contributed by atoms with Crippen LogP contribution in [-0.4, -0.2) is 10.6 Å². The van der Waals surface area contributed by atoms with E-state index >= 15 is 0 Å². The van der Waals surface area contributed by atoms with Crippen molar-refractivity contribution in [2.24, 2.45) is 0 Å². The van der Waals surface area contributed by atoms with Crippen LogP contribution < -0.4 is 5.32 Å². The Labute approximate surface area is 93.7 Å². The number of aryl methyl sites for hydroxylation is 1. The summed E-state index contributed by atoms with van der Waals surface area (Å²) in [4.78, 5) is 0. The Hall–Kier alpha value is -0.760. The van der Waals surface area contributed by atoms with E-state index < -0.39 is 0 Å². The molecule has 1 aromatic heterocycles. The maximum Gasteiger partial charge on any atom is 0.0223 e. The molecule has 86 valence electrons. The van der Waals surface area contributed by atoms with Crippen LogP contribution in [0.2, 0.25) is 0 Å². The quantitative estimate of drug-likeness (QED) is 0.728. The summed E-state index contributed by atoms with van der Waals surface area (Å²) in [6, 6.07) is 2.88. The van der Waals surface area contributed by atoms with Crippen molar-refractivity contribution in [2.45, 2.75) is 59.2 Å². The van der Waals surface area contributed by atoms with Gasteiger partial charge in [0.15, 0.2) is 0 Å². The Kier molecular flexibility index (Phi) is 5.48. The predicted molar refractivity (Wildman–Crippen MR) is 65.9 cm³/mol. The highest BCUT2D eigenvalue weighted by Gasteiger charge is 2.02. The zero-order valence-electron chi connectivity index (χ0n) is 10.3. The lowest BCUT2D eigenvalue weighted by molar-refractivity contribution is 0.484. The summed E-state index contributed by atoms with van der Waals surface area (Å²) in [5.74, 6) is 0. The van der Waals surface area contributed by atoms with Crippen molar-refractivity contribution in [1.82, 2.24) is 9.88 Å². The van der Waals surface area contributed by atoms with Crippen molar-refractivity contribution in [2.75, 3.05) is 0 Å². The predicted octanol–water partition coefficient (Wildman–Crippen LogP) is 3.18. The van der Waals surface area contributed by atoms with Crippen LogP contribution in [0.3, 0.4) is 0 Å². The summed E-state index contributed by atoms with van der Waals surface area (Å²) in [7, 11) is 0. The molecule has 0 saturated carbocycles. The molecule has 0 aliphatic heterocycles. The third-order valence-corrected chi connectivity index (χ3v) is 2.87. The largest absolute Gasteiger partial charge is 0.354 e. The van der Waals surface area contributed by atoms with Gasteiger partial charge in [0.1, 0.15) is 0 Å². The summed E-state index contributed by atoms with van der Waals surface area (Å²) in [5, 5.41) is 3.58. The van der Waals surface area contributed by atoms with E-state index in [9.17, 15) is 0 Å². The van der Waals surface area contributed by atoms with Gasteiger partial charge in [-0.05, 0) is 30.9 Å². The lowest BCUT2D eigenvalue weighted by atomic mass is 10.1. The second kappa shape index (κ2) is 6.67. The Balaban J connectivity index is 2.36. The Morgan fingerprint density at radius 3 is 2.60 bits per heavy atom. The van der Waals surface area contributed by atoms with Gasteiger partial charge in [-0.25, -0.2) is 0 Å². The van der Waals surface area contributed by atoms with Gasteiger partial charge < -0.3 is 9.88 Å². The van der Waals surface area contributed by atoms with E-state index in [0.717, 1.165) is 13.1 Å². The second-order valence-electron chi connectivity index (χ2n) is 4.15. The number of hydrogen-bond donors (Lipinski definition) is 1. The molecule has 0 aliphatic carbocycles. The lowest BCUT2D eigenvalue weighted by Gasteiger charge is -2.13. The van der Waals surface area contributed by atoms with Gasteiger partial charge in [-0.2, -0.15) is 0 Å². The highest BCUT2D eigenvalue weighted by Crippen LogP contribution is 2.04. The average Bonchev–Trinajstić information content (AvgIpc) is 2.68. The summed E-state index contributed by atoms with van der Waals surface area (Å²) in [5.41, 5.74) is 1.40. The van der Waals surface area contributed by atoms with Crippen LogP contribution in [-0.2, 0) is 13.1 Å². The standard InChI is InChI=1S/C13H24N2/c1-4-8-15-9-7-12(11-15)10-14-13(5-2)6-3/h7,9,11,13-14H,4-6,8,10H2,1-3H3. The lowest BCUT2D eigenvalue weighted by Crippen LogP contribution is -2.26. The minimum atomic E-state index is 0.666. The molecule has 0 aliphatic rings. The number of aromatic nitrogens is 1. The van der Waals surface area contributed by atoms with Gasteiger partial charge in [-0.1, -0.05) is 20.8 Å². The van der Waals surface area contributed by atoms with Crippen LogP contribution in [0.1, 0.15) is 45.6 Å². The van der Waals surface area contributed by atoms with Crippen molar-refractivity contribution in [1.29, 1.82) is 0 Å². The first-order valence-corrected chi connectivity index (χ1v) is 6.18. The molecule has 0 spiro atoms. The van der Waals surface area contributed by atoms with E-state index in [-0.39, 0.29) is 0 Å². The van der Waals surface area contributed by atoms with E-state index in [2.05, 4.69) is 49.1 Å². The second-order valence-corrected chi connectivity index (χ2v) is 4.15. The van der Waals surface area contributed by atoms with E-state index in [1.165, 1.54) is 24.8 Å². The van der Waals surface area contributed by atoms with Crippen LogP contribution >= 0.6 is 0 Å². The molecule has 2 nitrogen and oxygen atoms in total. The molecule has 1 rings (SSSR count). The van der Waals surface area contributed by atoms with Crippen LogP contribution in [0.4, 0.5) is 0 Å². The maximum atomic E-state index is 3.58. The van der Waals surface area contributed by atoms with Gasteiger partial charge in [-0.3, -0.25) is 0 Å². The van der Waals surface area contributed by atoms with Crippen LogP contribution in [0.5, 0.6) is 0 Å². The number of hydrogen-bond acceptors (Lipinski definition) is 1. The fourth-order valence-electron chi connectivity index (χ4n) is 1.83. The fraction of sp³-hybridized carbons (Fsp3) is 0.692. The average molecular weight is 208 g/mol. The van der Waals surface area contributed by atoms with Gasteiger partial charge in [0, 0.05) is 31.5 Å². The molecule has 0 atom stereocenters. The normalized spacial score (nSPS) is 11.2. The molecule has 0 radical (unpaired) electrons. The SMILES string of the molecule is CCCn1ccc(CNC(CC)CC)c1. The van der Waals surface area contributed by atoms with Crippen LogP contribution in [0.15, 0.2) is 18.5 Å². The van der Waals surface area contributed by atoms with Crippen LogP contribution in [0, 0.1) is 0 Å². The molecule has 0 bridgehead atoms. The monoisotopic (exact) mass is 208 g/mol.